The van der Waals surface area contributed by atoms with Crippen molar-refractivity contribution in [2.45, 2.75) is 51.6 Å². The number of benzene rings is 1. The zero-order valence-corrected chi connectivity index (χ0v) is 17.4. The van der Waals surface area contributed by atoms with E-state index in [1.807, 2.05) is 13.8 Å². The fourth-order valence-corrected chi connectivity index (χ4v) is 3.70. The van der Waals surface area contributed by atoms with E-state index in [2.05, 4.69) is 35.6 Å². The quantitative estimate of drug-likeness (QED) is 0.644. The molecule has 2 rings (SSSR count). The number of imidazole rings is 1. The Morgan fingerprint density at radius 1 is 1.28 bits per heavy atom. The van der Waals surface area contributed by atoms with Crippen LogP contribution in [0.25, 0.3) is 0 Å². The van der Waals surface area contributed by atoms with Crippen molar-refractivity contribution in [3.05, 3.63) is 39.6 Å². The van der Waals surface area contributed by atoms with Gasteiger partial charge in [0.05, 0.1) is 26.7 Å². The van der Waals surface area contributed by atoms with Gasteiger partial charge in [0, 0.05) is 12.2 Å². The molecule has 0 aliphatic heterocycles. The maximum absolute atomic E-state index is 12.5. The molecule has 0 aliphatic rings. The number of hydrogen-bond acceptors (Lipinski definition) is 3. The fraction of sp³-hybridized carbons (Fsp3) is 0.444. The largest absolute Gasteiger partial charge is 0.324 e. The molecule has 25 heavy (non-hydrogen) atoms. The number of thioether (sulfide) groups is 1. The average molecular weight is 400 g/mol. The molecule has 0 saturated carbocycles. The van der Waals surface area contributed by atoms with E-state index in [1.54, 1.807) is 18.2 Å². The molecule has 1 N–H and O–H groups in total. The third-order valence-electron chi connectivity index (χ3n) is 3.83. The van der Waals surface area contributed by atoms with E-state index in [-0.39, 0.29) is 11.2 Å². The minimum atomic E-state index is -0.317. The normalized spacial score (nSPS) is 12.5. The average Bonchev–Trinajstić information content (AvgIpc) is 2.79. The second-order valence-corrected chi connectivity index (χ2v) is 8.51. The van der Waals surface area contributed by atoms with Gasteiger partial charge in [0.1, 0.15) is 0 Å². The standard InChI is InChI=1S/C18H23Cl2N3OS/c1-10(2)9-23-12(4)11(3)21-18(23)25-13(5)17(24)22-15-8-6-7-14(19)16(15)20/h6-8,10,13H,9H2,1-5H3,(H,22,24). The highest BCUT2D eigenvalue weighted by Crippen LogP contribution is 2.31. The van der Waals surface area contributed by atoms with E-state index in [0.717, 1.165) is 23.1 Å². The van der Waals surface area contributed by atoms with Crippen LogP contribution in [0.15, 0.2) is 23.4 Å². The van der Waals surface area contributed by atoms with Crippen molar-refractivity contribution in [1.82, 2.24) is 9.55 Å². The lowest BCUT2D eigenvalue weighted by molar-refractivity contribution is -0.115. The number of hydrogen-bond donors (Lipinski definition) is 1. The maximum atomic E-state index is 12.5. The number of anilines is 1. The van der Waals surface area contributed by atoms with Gasteiger partial charge in [-0.25, -0.2) is 4.98 Å². The van der Waals surface area contributed by atoms with Crippen molar-refractivity contribution in [2.24, 2.45) is 5.92 Å². The lowest BCUT2D eigenvalue weighted by Crippen LogP contribution is -2.23. The molecule has 0 bridgehead atoms. The summed E-state index contributed by atoms with van der Waals surface area (Å²) >= 11 is 13.6. The lowest BCUT2D eigenvalue weighted by Gasteiger charge is -2.16. The molecule has 2 aromatic rings. The molecule has 1 aromatic heterocycles. The van der Waals surface area contributed by atoms with E-state index in [4.69, 9.17) is 23.2 Å². The van der Waals surface area contributed by atoms with Crippen LogP contribution in [0.3, 0.4) is 0 Å². The number of nitrogens with zero attached hydrogens (tertiary/aromatic N) is 2. The molecule has 0 spiro atoms. The summed E-state index contributed by atoms with van der Waals surface area (Å²) in [6.45, 7) is 11.1. The number of halogens is 2. The first-order valence-corrected chi connectivity index (χ1v) is 9.79. The van der Waals surface area contributed by atoms with Crippen molar-refractivity contribution in [2.75, 3.05) is 5.32 Å². The smallest absolute Gasteiger partial charge is 0.237 e. The van der Waals surface area contributed by atoms with Gasteiger partial charge >= 0.3 is 0 Å². The van der Waals surface area contributed by atoms with Crippen LogP contribution in [-0.4, -0.2) is 20.7 Å². The molecule has 4 nitrogen and oxygen atoms in total. The van der Waals surface area contributed by atoms with E-state index in [9.17, 15) is 4.79 Å². The number of aromatic nitrogens is 2. The Hall–Kier alpha value is -1.17. The Labute approximate surface area is 163 Å². The van der Waals surface area contributed by atoms with Gasteiger partial charge in [-0.3, -0.25) is 4.79 Å². The van der Waals surface area contributed by atoms with Crippen LogP contribution in [0.4, 0.5) is 5.69 Å². The summed E-state index contributed by atoms with van der Waals surface area (Å²) in [4.78, 5) is 17.2. The molecule has 1 heterocycles. The number of carbonyl (C=O) groups excluding carboxylic acids is 1. The highest BCUT2D eigenvalue weighted by atomic mass is 35.5. The summed E-state index contributed by atoms with van der Waals surface area (Å²) in [5.74, 6) is 0.365. The molecule has 0 saturated heterocycles. The van der Waals surface area contributed by atoms with Gasteiger partial charge in [0.25, 0.3) is 0 Å². The summed E-state index contributed by atoms with van der Waals surface area (Å²) in [7, 11) is 0. The van der Waals surface area contributed by atoms with Crippen LogP contribution < -0.4 is 5.32 Å². The number of nitrogens with one attached hydrogen (secondary N) is 1. The minimum Gasteiger partial charge on any atom is -0.324 e. The molecule has 0 radical (unpaired) electrons. The highest BCUT2D eigenvalue weighted by molar-refractivity contribution is 8.00. The van der Waals surface area contributed by atoms with E-state index in [0.29, 0.717) is 21.7 Å². The first-order chi connectivity index (χ1) is 11.7. The summed E-state index contributed by atoms with van der Waals surface area (Å²) in [6.07, 6.45) is 0. The summed E-state index contributed by atoms with van der Waals surface area (Å²) < 4.78 is 2.18. The molecule has 1 unspecified atom stereocenters. The van der Waals surface area contributed by atoms with Gasteiger partial charge < -0.3 is 9.88 Å². The molecule has 136 valence electrons. The predicted molar refractivity (Wildman–Crippen MR) is 107 cm³/mol. The molecule has 1 aromatic carbocycles. The zero-order valence-electron chi connectivity index (χ0n) is 15.1. The van der Waals surface area contributed by atoms with Gasteiger partial charge in [-0.1, -0.05) is 54.9 Å². The fourth-order valence-electron chi connectivity index (χ4n) is 2.34. The van der Waals surface area contributed by atoms with Crippen molar-refractivity contribution < 1.29 is 4.79 Å². The molecule has 0 aliphatic carbocycles. The SMILES string of the molecule is Cc1nc(SC(C)C(=O)Nc2cccc(Cl)c2Cl)n(CC(C)C)c1C. The van der Waals surface area contributed by atoms with Crippen molar-refractivity contribution in [1.29, 1.82) is 0 Å². The molecular formula is C18H23Cl2N3OS. The van der Waals surface area contributed by atoms with Crippen molar-refractivity contribution >= 4 is 46.6 Å². The monoisotopic (exact) mass is 399 g/mol. The highest BCUT2D eigenvalue weighted by Gasteiger charge is 2.21. The van der Waals surface area contributed by atoms with E-state index < -0.39 is 0 Å². The van der Waals surface area contributed by atoms with Gasteiger partial charge in [-0.2, -0.15) is 0 Å². The van der Waals surface area contributed by atoms with Crippen LogP contribution in [0.5, 0.6) is 0 Å². The van der Waals surface area contributed by atoms with E-state index >= 15 is 0 Å². The van der Waals surface area contributed by atoms with Crippen molar-refractivity contribution in [3.8, 4) is 0 Å². The zero-order chi connectivity index (χ0) is 18.7. The third kappa shape index (κ3) is 4.93. The van der Waals surface area contributed by atoms with E-state index in [1.165, 1.54) is 11.8 Å². The Balaban J connectivity index is 2.14. The second kappa shape index (κ2) is 8.47. The van der Waals surface area contributed by atoms with Crippen LogP contribution in [0.1, 0.15) is 32.2 Å². The number of carbonyl (C=O) groups is 1. The minimum absolute atomic E-state index is 0.136. The van der Waals surface area contributed by atoms with Gasteiger partial charge in [0.2, 0.25) is 5.91 Å². The number of amides is 1. The van der Waals surface area contributed by atoms with Crippen LogP contribution in [0.2, 0.25) is 10.0 Å². The first kappa shape index (κ1) is 20.1. The molecule has 1 atom stereocenters. The summed E-state index contributed by atoms with van der Waals surface area (Å²) in [5.41, 5.74) is 2.65. The Morgan fingerprint density at radius 3 is 2.60 bits per heavy atom. The molecular weight excluding hydrogens is 377 g/mol. The Bertz CT molecular complexity index is 774. The van der Waals surface area contributed by atoms with Crippen LogP contribution in [-0.2, 0) is 11.3 Å². The molecule has 1 amide bonds. The molecule has 7 heteroatoms. The predicted octanol–water partition coefficient (Wildman–Crippen LogP) is 5.58. The first-order valence-electron chi connectivity index (χ1n) is 8.16. The summed E-state index contributed by atoms with van der Waals surface area (Å²) in [5, 5.41) is 4.15. The Kier molecular flexibility index (Phi) is 6.83. The van der Waals surface area contributed by atoms with Gasteiger partial charge in [-0.15, -0.1) is 0 Å². The van der Waals surface area contributed by atoms with Gasteiger partial charge in [0.15, 0.2) is 5.16 Å². The van der Waals surface area contributed by atoms with Crippen LogP contribution in [0, 0.1) is 19.8 Å². The summed E-state index contributed by atoms with van der Waals surface area (Å²) in [6, 6.07) is 5.17. The van der Waals surface area contributed by atoms with Crippen LogP contribution >= 0.6 is 35.0 Å². The Morgan fingerprint density at radius 2 is 1.96 bits per heavy atom. The number of aryl methyl sites for hydroxylation is 1. The van der Waals surface area contributed by atoms with Crippen molar-refractivity contribution in [3.63, 3.8) is 0 Å². The lowest BCUT2D eigenvalue weighted by atomic mass is 10.2. The van der Waals surface area contributed by atoms with Gasteiger partial charge in [-0.05, 0) is 38.8 Å². The molecule has 0 fully saturated rings. The maximum Gasteiger partial charge on any atom is 0.237 e. The third-order valence-corrected chi connectivity index (χ3v) is 5.74. The second-order valence-electron chi connectivity index (χ2n) is 6.42. The topological polar surface area (TPSA) is 46.9 Å². The number of rotatable bonds is 6.